The van der Waals surface area contributed by atoms with Crippen LogP contribution in [0.5, 0.6) is 0 Å². The minimum Gasteiger partial charge on any atom is -0.462 e. The Morgan fingerprint density at radius 3 is 2.79 bits per heavy atom. The van der Waals surface area contributed by atoms with Crippen molar-refractivity contribution in [3.63, 3.8) is 0 Å². The van der Waals surface area contributed by atoms with E-state index in [4.69, 9.17) is 4.74 Å². The van der Waals surface area contributed by atoms with Gasteiger partial charge in [0, 0.05) is 18.8 Å². The molecule has 0 aliphatic heterocycles. The molecule has 1 fully saturated rings. The SMILES string of the molecule is CCOC(=O)c1cnn(CC(=O)N(CC)C2CC2)c1. The molecule has 1 aromatic heterocycles. The fourth-order valence-corrected chi connectivity index (χ4v) is 2.02. The maximum atomic E-state index is 12.1. The van der Waals surface area contributed by atoms with Gasteiger partial charge in [0.2, 0.25) is 5.91 Å². The van der Waals surface area contributed by atoms with E-state index in [1.807, 2.05) is 11.8 Å². The third-order valence-corrected chi connectivity index (χ3v) is 3.09. The monoisotopic (exact) mass is 265 g/mol. The molecule has 0 spiro atoms. The first-order chi connectivity index (χ1) is 9.15. The van der Waals surface area contributed by atoms with Crippen LogP contribution in [0.1, 0.15) is 37.0 Å². The van der Waals surface area contributed by atoms with E-state index in [0.717, 1.165) is 19.4 Å². The average Bonchev–Trinajstić information content (AvgIpc) is 3.09. The molecule has 6 nitrogen and oxygen atoms in total. The lowest BCUT2D eigenvalue weighted by Crippen LogP contribution is -2.35. The first kappa shape index (κ1) is 13.6. The molecule has 6 heteroatoms. The molecule has 1 saturated carbocycles. The Morgan fingerprint density at radius 1 is 1.47 bits per heavy atom. The van der Waals surface area contributed by atoms with Crippen molar-refractivity contribution in [2.24, 2.45) is 0 Å². The van der Waals surface area contributed by atoms with Gasteiger partial charge < -0.3 is 9.64 Å². The maximum Gasteiger partial charge on any atom is 0.341 e. The zero-order valence-electron chi connectivity index (χ0n) is 11.3. The van der Waals surface area contributed by atoms with E-state index in [0.29, 0.717) is 18.2 Å². The van der Waals surface area contributed by atoms with Crippen molar-refractivity contribution in [2.75, 3.05) is 13.2 Å². The van der Waals surface area contributed by atoms with Gasteiger partial charge in [0.15, 0.2) is 0 Å². The van der Waals surface area contributed by atoms with Gasteiger partial charge in [-0.2, -0.15) is 5.10 Å². The molecule has 2 rings (SSSR count). The highest BCUT2D eigenvalue weighted by atomic mass is 16.5. The molecule has 104 valence electrons. The van der Waals surface area contributed by atoms with E-state index >= 15 is 0 Å². The Bertz CT molecular complexity index is 465. The van der Waals surface area contributed by atoms with Gasteiger partial charge in [0.1, 0.15) is 6.54 Å². The number of esters is 1. The molecule has 1 aromatic rings. The quantitative estimate of drug-likeness (QED) is 0.722. The van der Waals surface area contributed by atoms with E-state index in [-0.39, 0.29) is 12.5 Å². The zero-order chi connectivity index (χ0) is 13.8. The maximum absolute atomic E-state index is 12.1. The van der Waals surface area contributed by atoms with Crippen LogP contribution in [0.3, 0.4) is 0 Å². The summed E-state index contributed by atoms with van der Waals surface area (Å²) in [6, 6.07) is 0.401. The largest absolute Gasteiger partial charge is 0.462 e. The van der Waals surface area contributed by atoms with Gasteiger partial charge in [-0.3, -0.25) is 9.48 Å². The Labute approximate surface area is 112 Å². The minimum absolute atomic E-state index is 0.0449. The first-order valence-corrected chi connectivity index (χ1v) is 6.64. The van der Waals surface area contributed by atoms with Gasteiger partial charge in [0.05, 0.1) is 18.4 Å². The van der Waals surface area contributed by atoms with Crippen molar-refractivity contribution in [1.82, 2.24) is 14.7 Å². The Balaban J connectivity index is 1.95. The van der Waals surface area contributed by atoms with Gasteiger partial charge in [-0.15, -0.1) is 0 Å². The highest BCUT2D eigenvalue weighted by molar-refractivity contribution is 5.88. The molecular formula is C13H19N3O3. The van der Waals surface area contributed by atoms with Gasteiger partial charge in [0.25, 0.3) is 0 Å². The van der Waals surface area contributed by atoms with Crippen LogP contribution in [-0.4, -0.2) is 45.8 Å². The van der Waals surface area contributed by atoms with Crippen LogP contribution in [0.2, 0.25) is 0 Å². The summed E-state index contributed by atoms with van der Waals surface area (Å²) in [6.07, 6.45) is 5.16. The molecule has 0 atom stereocenters. The van der Waals surface area contributed by atoms with Crippen molar-refractivity contribution in [1.29, 1.82) is 0 Å². The van der Waals surface area contributed by atoms with Gasteiger partial charge >= 0.3 is 5.97 Å². The Kier molecular flexibility index (Phi) is 4.19. The van der Waals surface area contributed by atoms with Crippen LogP contribution in [0.15, 0.2) is 12.4 Å². The first-order valence-electron chi connectivity index (χ1n) is 6.64. The number of carbonyl (C=O) groups excluding carboxylic acids is 2. The number of nitrogens with zero attached hydrogens (tertiary/aromatic N) is 3. The van der Waals surface area contributed by atoms with Crippen molar-refractivity contribution in [3.8, 4) is 0 Å². The number of hydrogen-bond acceptors (Lipinski definition) is 4. The van der Waals surface area contributed by atoms with E-state index in [1.54, 1.807) is 13.1 Å². The predicted molar refractivity (Wildman–Crippen MR) is 68.6 cm³/mol. The molecule has 0 bridgehead atoms. The number of hydrogen-bond donors (Lipinski definition) is 0. The summed E-state index contributed by atoms with van der Waals surface area (Å²) < 4.78 is 6.36. The molecule has 0 N–H and O–H groups in total. The fourth-order valence-electron chi connectivity index (χ4n) is 2.02. The molecule has 1 heterocycles. The van der Waals surface area contributed by atoms with Crippen LogP contribution in [-0.2, 0) is 16.1 Å². The molecule has 19 heavy (non-hydrogen) atoms. The van der Waals surface area contributed by atoms with Crippen molar-refractivity contribution < 1.29 is 14.3 Å². The second-order valence-electron chi connectivity index (χ2n) is 4.56. The molecular weight excluding hydrogens is 246 g/mol. The molecule has 1 amide bonds. The topological polar surface area (TPSA) is 64.4 Å². The standard InChI is InChI=1S/C13H19N3O3/c1-3-16(11-5-6-11)12(17)9-15-8-10(7-14-15)13(18)19-4-2/h7-8,11H,3-6,9H2,1-2H3. The smallest absolute Gasteiger partial charge is 0.341 e. The van der Waals surface area contributed by atoms with Gasteiger partial charge in [-0.25, -0.2) is 4.79 Å². The van der Waals surface area contributed by atoms with E-state index in [9.17, 15) is 9.59 Å². The minimum atomic E-state index is -0.407. The summed E-state index contributed by atoms with van der Waals surface area (Å²) in [5.41, 5.74) is 0.379. The lowest BCUT2D eigenvalue weighted by atomic mass is 10.4. The van der Waals surface area contributed by atoms with Crippen LogP contribution >= 0.6 is 0 Å². The highest BCUT2D eigenvalue weighted by Crippen LogP contribution is 2.26. The number of rotatable bonds is 6. The Hall–Kier alpha value is -1.85. The van der Waals surface area contributed by atoms with E-state index in [2.05, 4.69) is 5.10 Å². The number of aromatic nitrogens is 2. The molecule has 0 radical (unpaired) electrons. The van der Waals surface area contributed by atoms with Crippen LogP contribution < -0.4 is 0 Å². The summed E-state index contributed by atoms with van der Waals surface area (Å²) in [6.45, 7) is 4.94. The number of amides is 1. The third-order valence-electron chi connectivity index (χ3n) is 3.09. The van der Waals surface area contributed by atoms with E-state index in [1.165, 1.54) is 10.9 Å². The van der Waals surface area contributed by atoms with Crippen LogP contribution in [0.4, 0.5) is 0 Å². The summed E-state index contributed by atoms with van der Waals surface area (Å²) >= 11 is 0. The van der Waals surface area contributed by atoms with Crippen molar-refractivity contribution in [2.45, 2.75) is 39.3 Å². The molecule has 0 unspecified atom stereocenters. The number of ether oxygens (including phenoxy) is 1. The normalized spacial score (nSPS) is 14.2. The van der Waals surface area contributed by atoms with Crippen molar-refractivity contribution >= 4 is 11.9 Å². The van der Waals surface area contributed by atoms with Gasteiger partial charge in [-0.05, 0) is 26.7 Å². The second kappa shape index (κ2) is 5.86. The second-order valence-corrected chi connectivity index (χ2v) is 4.56. The van der Waals surface area contributed by atoms with E-state index < -0.39 is 5.97 Å². The molecule has 1 aliphatic rings. The van der Waals surface area contributed by atoms with Crippen LogP contribution in [0.25, 0.3) is 0 Å². The lowest BCUT2D eigenvalue weighted by molar-refractivity contribution is -0.132. The van der Waals surface area contributed by atoms with Crippen molar-refractivity contribution in [3.05, 3.63) is 18.0 Å². The summed E-state index contributed by atoms with van der Waals surface area (Å²) in [7, 11) is 0. The third kappa shape index (κ3) is 3.33. The van der Waals surface area contributed by atoms with Gasteiger partial charge in [-0.1, -0.05) is 0 Å². The Morgan fingerprint density at radius 2 is 2.21 bits per heavy atom. The summed E-state index contributed by atoms with van der Waals surface area (Å²) in [5.74, 6) is -0.362. The highest BCUT2D eigenvalue weighted by Gasteiger charge is 2.31. The fraction of sp³-hybridized carbons (Fsp3) is 0.615. The van der Waals surface area contributed by atoms with Crippen LogP contribution in [0, 0.1) is 0 Å². The number of likely N-dealkylation sites (N-methyl/N-ethyl adjacent to an activating group) is 1. The molecule has 0 aromatic carbocycles. The molecule has 0 saturated heterocycles. The number of carbonyl (C=O) groups is 2. The molecule has 1 aliphatic carbocycles. The zero-order valence-corrected chi connectivity index (χ0v) is 11.3. The average molecular weight is 265 g/mol. The lowest BCUT2D eigenvalue weighted by Gasteiger charge is -2.20. The summed E-state index contributed by atoms with van der Waals surface area (Å²) in [4.78, 5) is 25.4. The predicted octanol–water partition coefficient (Wildman–Crippen LogP) is 1.07. The summed E-state index contributed by atoms with van der Waals surface area (Å²) in [5, 5.41) is 4.02.